The summed E-state index contributed by atoms with van der Waals surface area (Å²) in [6.07, 6.45) is -0.328. The minimum absolute atomic E-state index is 0.328. The van der Waals surface area contributed by atoms with Crippen LogP contribution in [0.5, 0.6) is 0 Å². The van der Waals surface area contributed by atoms with Crippen LogP contribution in [-0.4, -0.2) is 41.8 Å². The van der Waals surface area contributed by atoms with Gasteiger partial charge in [0.1, 0.15) is 6.54 Å². The van der Waals surface area contributed by atoms with Gasteiger partial charge in [-0.3, -0.25) is 4.48 Å². The molecule has 0 aromatic rings. The minimum atomic E-state index is -0.328. The first-order chi connectivity index (χ1) is 4.57. The van der Waals surface area contributed by atoms with E-state index in [9.17, 15) is 5.11 Å². The largest absolute Gasteiger partial charge is 0.345 e. The summed E-state index contributed by atoms with van der Waals surface area (Å²) in [5, 5.41) is 9.37. The van der Waals surface area contributed by atoms with Gasteiger partial charge in [0.25, 0.3) is 0 Å². The second-order valence-electron chi connectivity index (χ2n) is 3.05. The lowest BCUT2D eigenvalue weighted by atomic mass is 10.4. The minimum Gasteiger partial charge on any atom is -0.345 e. The zero-order chi connectivity index (χ0) is 7.78. The van der Waals surface area contributed by atoms with Gasteiger partial charge in [0.2, 0.25) is 0 Å². The van der Waals surface area contributed by atoms with Crippen molar-refractivity contribution in [2.75, 3.05) is 20.1 Å². The van der Waals surface area contributed by atoms with E-state index in [1.54, 1.807) is 0 Å². The van der Waals surface area contributed by atoms with Gasteiger partial charge in [-0.15, -0.1) is 0 Å². The lowest BCUT2D eigenvalue weighted by Crippen LogP contribution is -2.52. The van der Waals surface area contributed by atoms with E-state index < -0.39 is 0 Å². The van der Waals surface area contributed by atoms with Gasteiger partial charge >= 0.3 is 0 Å². The molecular formula is C7H15N2O+. The van der Waals surface area contributed by atoms with Crippen LogP contribution in [0.3, 0.4) is 0 Å². The Bertz CT molecular complexity index is 165. The van der Waals surface area contributed by atoms with Crippen LogP contribution in [0.4, 0.5) is 0 Å². The van der Waals surface area contributed by atoms with Crippen LogP contribution in [0, 0.1) is 0 Å². The number of nitrogens with zero attached hydrogens (tertiary/aromatic N) is 2. The molecule has 0 fully saturated rings. The molecule has 0 spiro atoms. The van der Waals surface area contributed by atoms with Crippen LogP contribution in [0.2, 0.25) is 0 Å². The average Bonchev–Trinajstić information content (AvgIpc) is 2.15. The number of aliphatic imine (C=N–C) groups is 1. The van der Waals surface area contributed by atoms with Crippen LogP contribution < -0.4 is 0 Å². The van der Waals surface area contributed by atoms with E-state index in [1.807, 2.05) is 20.9 Å². The van der Waals surface area contributed by atoms with Crippen molar-refractivity contribution in [2.45, 2.75) is 20.1 Å². The van der Waals surface area contributed by atoms with Crippen molar-refractivity contribution in [2.24, 2.45) is 4.99 Å². The Kier molecular flexibility index (Phi) is 1.79. The molecular weight excluding hydrogens is 128 g/mol. The van der Waals surface area contributed by atoms with Crippen LogP contribution in [0.1, 0.15) is 13.8 Å². The van der Waals surface area contributed by atoms with Gasteiger partial charge in [0.15, 0.2) is 12.1 Å². The lowest BCUT2D eigenvalue weighted by molar-refractivity contribution is -0.864. The van der Waals surface area contributed by atoms with E-state index in [0.29, 0.717) is 4.48 Å². The first-order valence-corrected chi connectivity index (χ1v) is 3.62. The Morgan fingerprint density at radius 3 is 2.50 bits per heavy atom. The highest BCUT2D eigenvalue weighted by Crippen LogP contribution is 2.14. The third kappa shape index (κ3) is 0.954. The summed E-state index contributed by atoms with van der Waals surface area (Å²) in [4.78, 5) is 4.24. The highest BCUT2D eigenvalue weighted by atomic mass is 16.3. The van der Waals surface area contributed by atoms with Crippen LogP contribution >= 0.6 is 0 Å². The number of hydrogen-bond donors (Lipinski definition) is 1. The molecule has 10 heavy (non-hydrogen) atoms. The molecule has 0 aromatic carbocycles. The van der Waals surface area contributed by atoms with Crippen molar-refractivity contribution in [1.82, 2.24) is 0 Å². The van der Waals surface area contributed by atoms with Crippen molar-refractivity contribution in [3.8, 4) is 0 Å². The molecule has 0 saturated carbocycles. The predicted octanol–water partition coefficient (Wildman–Crippen LogP) is 0.203. The number of rotatable bonds is 1. The second-order valence-corrected chi connectivity index (χ2v) is 3.05. The number of hydrogen-bond acceptors (Lipinski definition) is 2. The molecule has 1 aliphatic heterocycles. The molecule has 3 nitrogen and oxygen atoms in total. The number of aliphatic hydroxyl groups excluding tert-OH is 1. The monoisotopic (exact) mass is 143 g/mol. The highest BCUT2D eigenvalue weighted by Gasteiger charge is 2.34. The second kappa shape index (κ2) is 2.32. The summed E-state index contributed by atoms with van der Waals surface area (Å²) >= 11 is 0. The number of quaternary nitrogens is 1. The Morgan fingerprint density at radius 1 is 1.70 bits per heavy atom. The predicted molar refractivity (Wildman–Crippen MR) is 40.7 cm³/mol. The van der Waals surface area contributed by atoms with Gasteiger partial charge in [-0.2, -0.15) is 0 Å². The van der Waals surface area contributed by atoms with Gasteiger partial charge in [-0.1, -0.05) is 0 Å². The van der Waals surface area contributed by atoms with E-state index in [4.69, 9.17) is 0 Å². The highest BCUT2D eigenvalue weighted by molar-refractivity contribution is 5.73. The maximum Gasteiger partial charge on any atom is 0.197 e. The molecule has 1 aliphatic rings. The average molecular weight is 143 g/mol. The maximum absolute atomic E-state index is 9.37. The first-order valence-electron chi connectivity index (χ1n) is 3.62. The summed E-state index contributed by atoms with van der Waals surface area (Å²) in [6.45, 7) is 5.57. The van der Waals surface area contributed by atoms with Gasteiger partial charge in [-0.25, -0.2) is 4.99 Å². The van der Waals surface area contributed by atoms with Gasteiger partial charge in [-0.05, 0) is 0 Å². The standard InChI is InChI=1S/C7H15N2O/c1-6-8-4-5-9(6,3)7(2)10/h7,10H,4-5H2,1-3H3/q+1. The first kappa shape index (κ1) is 7.69. The molecule has 3 heteroatoms. The normalized spacial score (nSPS) is 35.8. The van der Waals surface area contributed by atoms with Crippen molar-refractivity contribution in [3.63, 3.8) is 0 Å². The fraction of sp³-hybridized carbons (Fsp3) is 0.857. The summed E-state index contributed by atoms with van der Waals surface area (Å²) in [7, 11) is 2.01. The zero-order valence-corrected chi connectivity index (χ0v) is 6.83. The van der Waals surface area contributed by atoms with E-state index in [1.165, 1.54) is 0 Å². The molecule has 2 unspecified atom stereocenters. The van der Waals surface area contributed by atoms with E-state index in [2.05, 4.69) is 4.99 Å². The van der Waals surface area contributed by atoms with Gasteiger partial charge in [0.05, 0.1) is 13.6 Å². The number of amidine groups is 1. The van der Waals surface area contributed by atoms with Crippen LogP contribution in [0.15, 0.2) is 4.99 Å². The molecule has 0 radical (unpaired) electrons. The molecule has 0 aliphatic carbocycles. The molecule has 58 valence electrons. The van der Waals surface area contributed by atoms with Crippen molar-refractivity contribution in [3.05, 3.63) is 0 Å². The lowest BCUT2D eigenvalue weighted by Gasteiger charge is -2.31. The Balaban J connectivity index is 2.78. The smallest absolute Gasteiger partial charge is 0.197 e. The number of aliphatic hydroxyl groups is 1. The summed E-state index contributed by atoms with van der Waals surface area (Å²) in [5.41, 5.74) is 0. The molecule has 0 aromatic heterocycles. The molecule has 1 heterocycles. The van der Waals surface area contributed by atoms with Crippen molar-refractivity contribution >= 4 is 5.84 Å². The fourth-order valence-electron chi connectivity index (χ4n) is 1.20. The zero-order valence-electron chi connectivity index (χ0n) is 6.83. The molecule has 1 N–H and O–H groups in total. The van der Waals surface area contributed by atoms with Gasteiger partial charge in [0, 0.05) is 13.8 Å². The van der Waals surface area contributed by atoms with Crippen molar-refractivity contribution in [1.29, 1.82) is 0 Å². The molecule has 0 amide bonds. The summed E-state index contributed by atoms with van der Waals surface area (Å²) in [5.74, 6) is 1.04. The fourth-order valence-corrected chi connectivity index (χ4v) is 1.20. The summed E-state index contributed by atoms with van der Waals surface area (Å²) in [6, 6.07) is 0. The Morgan fingerprint density at radius 2 is 2.30 bits per heavy atom. The van der Waals surface area contributed by atoms with E-state index in [-0.39, 0.29) is 6.23 Å². The molecule has 1 rings (SSSR count). The number of likely N-dealkylation sites (N-methyl/N-ethyl adjacent to an activating group) is 1. The van der Waals surface area contributed by atoms with Crippen molar-refractivity contribution < 1.29 is 9.59 Å². The van der Waals surface area contributed by atoms with Crippen LogP contribution in [-0.2, 0) is 0 Å². The maximum atomic E-state index is 9.37. The Labute approximate surface area is 61.6 Å². The molecule has 0 saturated heterocycles. The summed E-state index contributed by atoms with van der Waals surface area (Å²) < 4.78 is 0.597. The SMILES string of the molecule is CC1=NCC[N+]1(C)C(C)O. The quantitative estimate of drug-likeness (QED) is 0.523. The molecule has 2 atom stereocenters. The van der Waals surface area contributed by atoms with E-state index in [0.717, 1.165) is 18.9 Å². The molecule has 0 bridgehead atoms. The Hall–Kier alpha value is -0.410. The third-order valence-electron chi connectivity index (χ3n) is 2.47. The van der Waals surface area contributed by atoms with Crippen LogP contribution in [0.25, 0.3) is 0 Å². The third-order valence-corrected chi connectivity index (χ3v) is 2.47. The van der Waals surface area contributed by atoms with Gasteiger partial charge < -0.3 is 5.11 Å². The topological polar surface area (TPSA) is 32.6 Å². The van der Waals surface area contributed by atoms with E-state index >= 15 is 0 Å².